The Morgan fingerprint density at radius 1 is 1.35 bits per heavy atom. The molecule has 0 N–H and O–H groups in total. The molecule has 0 bridgehead atoms. The summed E-state index contributed by atoms with van der Waals surface area (Å²) in [5, 5.41) is 7.02. The SMILES string of the molecule is COc1cccc(C[S@](=O)Cc2csc(-c3cnn(C)c3)n2)c1. The Kier molecular flexibility index (Phi) is 4.88. The van der Waals surface area contributed by atoms with E-state index >= 15 is 0 Å². The first-order valence-corrected chi connectivity index (χ1v) is 9.42. The molecular weight excluding hydrogens is 330 g/mol. The van der Waals surface area contributed by atoms with E-state index in [-0.39, 0.29) is 0 Å². The summed E-state index contributed by atoms with van der Waals surface area (Å²) in [5.74, 6) is 1.73. The molecule has 0 radical (unpaired) electrons. The van der Waals surface area contributed by atoms with Crippen LogP contribution in [0.1, 0.15) is 11.3 Å². The lowest BCUT2D eigenvalue weighted by Gasteiger charge is -2.04. The molecule has 0 aliphatic carbocycles. The molecule has 0 fully saturated rings. The monoisotopic (exact) mass is 347 g/mol. The first-order chi connectivity index (χ1) is 11.1. The number of hydrogen-bond acceptors (Lipinski definition) is 5. The van der Waals surface area contributed by atoms with Crippen LogP contribution in [0, 0.1) is 0 Å². The first-order valence-electron chi connectivity index (χ1n) is 7.05. The molecule has 1 atom stereocenters. The Hall–Kier alpha value is -1.99. The van der Waals surface area contributed by atoms with Crippen LogP contribution in [0.15, 0.2) is 42.0 Å². The molecule has 2 aromatic heterocycles. The van der Waals surface area contributed by atoms with Gasteiger partial charge in [-0.1, -0.05) is 12.1 Å². The minimum atomic E-state index is -1.00. The molecule has 0 saturated carbocycles. The van der Waals surface area contributed by atoms with Gasteiger partial charge in [0, 0.05) is 40.7 Å². The standard InChI is InChI=1S/C16H17N3O2S2/c1-19-8-13(7-17-19)16-18-14(9-22-16)11-23(20)10-12-4-3-5-15(6-12)21-2/h3-9H,10-11H2,1-2H3/t23-/m0/s1. The van der Waals surface area contributed by atoms with E-state index in [9.17, 15) is 4.21 Å². The zero-order valence-corrected chi connectivity index (χ0v) is 14.6. The molecular formula is C16H17N3O2S2. The van der Waals surface area contributed by atoms with Crippen molar-refractivity contribution in [3.05, 3.63) is 53.3 Å². The third-order valence-corrected chi connectivity index (χ3v) is 5.49. The summed E-state index contributed by atoms with van der Waals surface area (Å²) in [5.41, 5.74) is 2.85. The van der Waals surface area contributed by atoms with Gasteiger partial charge in [-0.2, -0.15) is 5.10 Å². The average molecular weight is 347 g/mol. The normalized spacial score (nSPS) is 12.3. The fourth-order valence-corrected chi connectivity index (χ4v) is 4.23. The Labute approximate surface area is 141 Å². The van der Waals surface area contributed by atoms with E-state index in [0.29, 0.717) is 11.5 Å². The van der Waals surface area contributed by atoms with Crippen molar-refractivity contribution in [1.29, 1.82) is 0 Å². The van der Waals surface area contributed by atoms with Gasteiger partial charge in [-0.15, -0.1) is 11.3 Å². The molecule has 0 saturated heterocycles. The predicted octanol–water partition coefficient (Wildman–Crippen LogP) is 3.00. The minimum absolute atomic E-state index is 0.452. The quantitative estimate of drug-likeness (QED) is 0.688. The summed E-state index contributed by atoms with van der Waals surface area (Å²) in [6.45, 7) is 0. The summed E-state index contributed by atoms with van der Waals surface area (Å²) < 4.78 is 19.3. The Morgan fingerprint density at radius 2 is 2.22 bits per heavy atom. The molecule has 3 aromatic rings. The molecule has 0 aliphatic heterocycles. The molecule has 3 rings (SSSR count). The van der Waals surface area contributed by atoms with Crippen LogP contribution in [0.5, 0.6) is 5.75 Å². The number of rotatable bonds is 6. The van der Waals surface area contributed by atoms with E-state index in [1.807, 2.05) is 42.9 Å². The molecule has 2 heterocycles. The Bertz CT molecular complexity index is 826. The summed E-state index contributed by atoms with van der Waals surface area (Å²) in [6, 6.07) is 7.67. The van der Waals surface area contributed by atoms with Gasteiger partial charge >= 0.3 is 0 Å². The van der Waals surface area contributed by atoms with Crippen molar-refractivity contribution in [2.75, 3.05) is 7.11 Å². The zero-order valence-electron chi connectivity index (χ0n) is 12.9. The molecule has 0 amide bonds. The van der Waals surface area contributed by atoms with Crippen molar-refractivity contribution in [1.82, 2.24) is 14.8 Å². The molecule has 0 spiro atoms. The van der Waals surface area contributed by atoms with Crippen LogP contribution < -0.4 is 4.74 Å². The summed E-state index contributed by atoms with van der Waals surface area (Å²) in [4.78, 5) is 4.56. The number of ether oxygens (including phenoxy) is 1. The van der Waals surface area contributed by atoms with Crippen LogP contribution in [-0.2, 0) is 29.4 Å². The number of hydrogen-bond donors (Lipinski definition) is 0. The average Bonchev–Trinajstić information content (AvgIpc) is 3.16. The van der Waals surface area contributed by atoms with Crippen LogP contribution in [-0.4, -0.2) is 26.1 Å². The van der Waals surface area contributed by atoms with Gasteiger partial charge in [0.1, 0.15) is 10.8 Å². The fourth-order valence-electron chi connectivity index (χ4n) is 2.20. The summed E-state index contributed by atoms with van der Waals surface area (Å²) in [7, 11) is 2.50. The summed E-state index contributed by atoms with van der Waals surface area (Å²) in [6.07, 6.45) is 3.71. The first kappa shape index (κ1) is 15.9. The molecule has 0 aliphatic rings. The number of aryl methyl sites for hydroxylation is 1. The molecule has 23 heavy (non-hydrogen) atoms. The Morgan fingerprint density at radius 3 is 2.96 bits per heavy atom. The van der Waals surface area contributed by atoms with Gasteiger partial charge in [-0.05, 0) is 17.7 Å². The minimum Gasteiger partial charge on any atom is -0.497 e. The van der Waals surface area contributed by atoms with E-state index in [2.05, 4.69) is 10.1 Å². The van der Waals surface area contributed by atoms with Gasteiger partial charge in [0.15, 0.2) is 0 Å². The molecule has 0 unspecified atom stereocenters. The maximum Gasteiger partial charge on any atom is 0.126 e. The van der Waals surface area contributed by atoms with Gasteiger partial charge < -0.3 is 4.74 Å². The molecule has 7 heteroatoms. The highest BCUT2D eigenvalue weighted by molar-refractivity contribution is 7.83. The third-order valence-electron chi connectivity index (χ3n) is 3.27. The molecule has 5 nitrogen and oxygen atoms in total. The zero-order chi connectivity index (χ0) is 16.2. The number of aromatic nitrogens is 3. The van der Waals surface area contributed by atoms with Gasteiger partial charge in [-0.25, -0.2) is 4.98 Å². The van der Waals surface area contributed by atoms with Crippen LogP contribution in [0.4, 0.5) is 0 Å². The predicted molar refractivity (Wildman–Crippen MR) is 92.9 cm³/mol. The smallest absolute Gasteiger partial charge is 0.126 e. The number of benzene rings is 1. The van der Waals surface area contributed by atoms with Crippen LogP contribution in [0.3, 0.4) is 0 Å². The van der Waals surface area contributed by atoms with Crippen molar-refractivity contribution >= 4 is 22.1 Å². The van der Waals surface area contributed by atoms with Gasteiger partial charge in [0.05, 0.1) is 24.8 Å². The molecule has 120 valence electrons. The van der Waals surface area contributed by atoms with Crippen LogP contribution in [0.2, 0.25) is 0 Å². The molecule has 1 aromatic carbocycles. The lowest BCUT2D eigenvalue weighted by molar-refractivity contribution is 0.414. The maximum atomic E-state index is 12.3. The Balaban J connectivity index is 1.65. The van der Waals surface area contributed by atoms with Crippen molar-refractivity contribution in [2.24, 2.45) is 7.05 Å². The van der Waals surface area contributed by atoms with Crippen LogP contribution in [0.25, 0.3) is 10.6 Å². The van der Waals surface area contributed by atoms with E-state index in [1.165, 1.54) is 0 Å². The second-order valence-electron chi connectivity index (χ2n) is 5.13. The largest absolute Gasteiger partial charge is 0.497 e. The number of thiazole rings is 1. The highest BCUT2D eigenvalue weighted by atomic mass is 32.2. The number of nitrogens with zero attached hydrogens (tertiary/aromatic N) is 3. The van der Waals surface area contributed by atoms with Crippen molar-refractivity contribution in [3.63, 3.8) is 0 Å². The van der Waals surface area contributed by atoms with E-state index in [1.54, 1.807) is 29.3 Å². The van der Waals surface area contributed by atoms with Crippen molar-refractivity contribution < 1.29 is 8.95 Å². The highest BCUT2D eigenvalue weighted by Crippen LogP contribution is 2.24. The van der Waals surface area contributed by atoms with Crippen molar-refractivity contribution in [2.45, 2.75) is 11.5 Å². The highest BCUT2D eigenvalue weighted by Gasteiger charge is 2.10. The lowest BCUT2D eigenvalue weighted by Crippen LogP contribution is -2.00. The second-order valence-corrected chi connectivity index (χ2v) is 7.44. The van der Waals surface area contributed by atoms with E-state index in [0.717, 1.165) is 27.6 Å². The van der Waals surface area contributed by atoms with Crippen molar-refractivity contribution in [3.8, 4) is 16.3 Å². The topological polar surface area (TPSA) is 57.0 Å². The van der Waals surface area contributed by atoms with E-state index in [4.69, 9.17) is 4.74 Å². The van der Waals surface area contributed by atoms with Gasteiger partial charge in [-0.3, -0.25) is 8.89 Å². The second kappa shape index (κ2) is 7.06. The third kappa shape index (κ3) is 4.05. The maximum absolute atomic E-state index is 12.3. The lowest BCUT2D eigenvalue weighted by atomic mass is 10.2. The van der Waals surface area contributed by atoms with Crippen LogP contribution >= 0.6 is 11.3 Å². The van der Waals surface area contributed by atoms with E-state index < -0.39 is 10.8 Å². The summed E-state index contributed by atoms with van der Waals surface area (Å²) >= 11 is 1.55. The fraction of sp³-hybridized carbons (Fsp3) is 0.250. The number of methoxy groups -OCH3 is 1. The van der Waals surface area contributed by atoms with Gasteiger partial charge in [0.25, 0.3) is 0 Å². The van der Waals surface area contributed by atoms with Gasteiger partial charge in [0.2, 0.25) is 0 Å².